The molecule has 1 N–H and O–H groups in total. The number of carbonyl (C=O) groups is 1. The van der Waals surface area contributed by atoms with E-state index in [-0.39, 0.29) is 5.91 Å². The van der Waals surface area contributed by atoms with Crippen molar-refractivity contribution in [2.75, 3.05) is 12.4 Å². The highest BCUT2D eigenvalue weighted by Gasteiger charge is 2.19. The van der Waals surface area contributed by atoms with Crippen molar-refractivity contribution in [2.24, 2.45) is 5.92 Å². The van der Waals surface area contributed by atoms with E-state index in [9.17, 15) is 4.79 Å². The third-order valence-corrected chi connectivity index (χ3v) is 4.96. The van der Waals surface area contributed by atoms with Crippen LogP contribution in [0.2, 0.25) is 0 Å². The maximum atomic E-state index is 12.4. The first-order chi connectivity index (χ1) is 12.7. The number of oxazole rings is 1. The predicted octanol–water partition coefficient (Wildman–Crippen LogP) is 5.02. The van der Waals surface area contributed by atoms with Gasteiger partial charge in [0.15, 0.2) is 5.58 Å². The molecule has 0 unspecified atom stereocenters. The summed E-state index contributed by atoms with van der Waals surface area (Å²) in [5, 5.41) is 3.00. The molecule has 0 bridgehead atoms. The number of fused-ring (bicyclic) bond motifs is 1. The van der Waals surface area contributed by atoms with Gasteiger partial charge in [-0.1, -0.05) is 25.0 Å². The van der Waals surface area contributed by atoms with E-state index in [4.69, 9.17) is 9.15 Å². The van der Waals surface area contributed by atoms with Crippen molar-refractivity contribution in [3.8, 4) is 17.2 Å². The van der Waals surface area contributed by atoms with E-state index < -0.39 is 0 Å². The highest BCUT2D eigenvalue weighted by molar-refractivity contribution is 5.93. The number of hydrogen-bond acceptors (Lipinski definition) is 4. The standard InChI is InChI=1S/C21H22N2O3/c1-25-18-11-10-15(21-23-16-8-4-5-9-19(16)26-21)13-17(18)22-20(24)12-14-6-2-3-7-14/h4-5,8-11,13-14H,2-3,6-7,12H2,1H3,(H,22,24). The lowest BCUT2D eigenvalue weighted by Gasteiger charge is -2.13. The van der Waals surface area contributed by atoms with Crippen LogP contribution in [0.15, 0.2) is 46.9 Å². The molecule has 1 amide bonds. The molecule has 1 aliphatic rings. The summed E-state index contributed by atoms with van der Waals surface area (Å²) in [6.07, 6.45) is 5.32. The fourth-order valence-electron chi connectivity index (χ4n) is 3.61. The SMILES string of the molecule is COc1ccc(-c2nc3ccccc3o2)cc1NC(=O)CC1CCCC1. The molecule has 5 nitrogen and oxygen atoms in total. The first kappa shape index (κ1) is 16.6. The van der Waals surface area contributed by atoms with Gasteiger partial charge in [0, 0.05) is 12.0 Å². The number of benzene rings is 2. The minimum Gasteiger partial charge on any atom is -0.495 e. The predicted molar refractivity (Wildman–Crippen MR) is 101 cm³/mol. The molecule has 4 rings (SSSR count). The van der Waals surface area contributed by atoms with Crippen molar-refractivity contribution in [2.45, 2.75) is 32.1 Å². The monoisotopic (exact) mass is 350 g/mol. The first-order valence-electron chi connectivity index (χ1n) is 9.07. The largest absolute Gasteiger partial charge is 0.495 e. The van der Waals surface area contributed by atoms with Gasteiger partial charge in [0.05, 0.1) is 12.8 Å². The summed E-state index contributed by atoms with van der Waals surface area (Å²) in [6, 6.07) is 13.2. The molecule has 1 aromatic heterocycles. The van der Waals surface area contributed by atoms with E-state index in [1.54, 1.807) is 7.11 Å². The molecular formula is C21H22N2O3. The summed E-state index contributed by atoms with van der Waals surface area (Å²) in [6.45, 7) is 0. The van der Waals surface area contributed by atoms with E-state index in [0.29, 0.717) is 29.7 Å². The molecule has 2 aromatic carbocycles. The van der Waals surface area contributed by atoms with E-state index in [1.807, 2.05) is 42.5 Å². The Kier molecular flexibility index (Phi) is 4.61. The van der Waals surface area contributed by atoms with Gasteiger partial charge in [-0.15, -0.1) is 0 Å². The third kappa shape index (κ3) is 3.43. The second kappa shape index (κ2) is 7.20. The molecule has 0 aliphatic heterocycles. The topological polar surface area (TPSA) is 64.4 Å². The molecule has 1 saturated carbocycles. The number of para-hydroxylation sites is 2. The smallest absolute Gasteiger partial charge is 0.227 e. The summed E-state index contributed by atoms with van der Waals surface area (Å²) in [7, 11) is 1.60. The van der Waals surface area contributed by atoms with Gasteiger partial charge in [-0.3, -0.25) is 4.79 Å². The zero-order chi connectivity index (χ0) is 17.9. The Bertz CT molecular complexity index is 893. The fourth-order valence-corrected chi connectivity index (χ4v) is 3.61. The molecule has 1 fully saturated rings. The van der Waals surface area contributed by atoms with Crippen molar-refractivity contribution in [1.82, 2.24) is 4.98 Å². The van der Waals surface area contributed by atoms with Crippen LogP contribution in [-0.2, 0) is 4.79 Å². The van der Waals surface area contributed by atoms with Crippen LogP contribution in [0.5, 0.6) is 5.75 Å². The van der Waals surface area contributed by atoms with Gasteiger partial charge in [0.25, 0.3) is 0 Å². The Labute approximate surface area is 152 Å². The second-order valence-electron chi connectivity index (χ2n) is 6.80. The van der Waals surface area contributed by atoms with Crippen molar-refractivity contribution in [3.05, 3.63) is 42.5 Å². The number of amides is 1. The van der Waals surface area contributed by atoms with E-state index in [2.05, 4.69) is 10.3 Å². The molecule has 0 radical (unpaired) electrons. The molecule has 3 aromatic rings. The van der Waals surface area contributed by atoms with Gasteiger partial charge in [-0.2, -0.15) is 0 Å². The van der Waals surface area contributed by atoms with Crippen LogP contribution in [0.25, 0.3) is 22.6 Å². The number of hydrogen-bond donors (Lipinski definition) is 1. The number of methoxy groups -OCH3 is 1. The molecule has 134 valence electrons. The molecule has 0 saturated heterocycles. The van der Waals surface area contributed by atoms with Crippen LogP contribution in [-0.4, -0.2) is 18.0 Å². The summed E-state index contributed by atoms with van der Waals surface area (Å²) < 4.78 is 11.2. The molecular weight excluding hydrogens is 328 g/mol. The van der Waals surface area contributed by atoms with Crippen LogP contribution in [0.3, 0.4) is 0 Å². The minimum atomic E-state index is 0.0323. The number of aromatic nitrogens is 1. The van der Waals surface area contributed by atoms with Gasteiger partial charge in [0.1, 0.15) is 11.3 Å². The van der Waals surface area contributed by atoms with Crippen LogP contribution >= 0.6 is 0 Å². The summed E-state index contributed by atoms with van der Waals surface area (Å²) >= 11 is 0. The maximum Gasteiger partial charge on any atom is 0.227 e. The summed E-state index contributed by atoms with van der Waals surface area (Å²) in [4.78, 5) is 16.9. The van der Waals surface area contributed by atoms with Crippen molar-refractivity contribution in [1.29, 1.82) is 0 Å². The average molecular weight is 350 g/mol. The summed E-state index contributed by atoms with van der Waals surface area (Å²) in [5.74, 6) is 1.69. The first-order valence-corrected chi connectivity index (χ1v) is 9.07. The number of nitrogens with one attached hydrogen (secondary N) is 1. The zero-order valence-corrected chi connectivity index (χ0v) is 14.8. The molecule has 5 heteroatoms. The minimum absolute atomic E-state index is 0.0323. The van der Waals surface area contributed by atoms with Gasteiger partial charge in [0.2, 0.25) is 11.8 Å². The number of carbonyl (C=O) groups excluding carboxylic acids is 1. The van der Waals surface area contributed by atoms with Gasteiger partial charge in [-0.05, 0) is 49.1 Å². The van der Waals surface area contributed by atoms with E-state index in [0.717, 1.165) is 29.5 Å². The number of rotatable bonds is 5. The number of nitrogens with zero attached hydrogens (tertiary/aromatic N) is 1. The number of ether oxygens (including phenoxy) is 1. The van der Waals surface area contributed by atoms with Gasteiger partial charge in [-0.25, -0.2) is 4.98 Å². The van der Waals surface area contributed by atoms with Crippen LogP contribution in [0, 0.1) is 5.92 Å². The molecule has 0 spiro atoms. The van der Waals surface area contributed by atoms with Gasteiger partial charge >= 0.3 is 0 Å². The average Bonchev–Trinajstić information content (AvgIpc) is 3.30. The van der Waals surface area contributed by atoms with Gasteiger partial charge < -0.3 is 14.5 Å². The van der Waals surface area contributed by atoms with Crippen LogP contribution in [0.1, 0.15) is 32.1 Å². The molecule has 1 aliphatic carbocycles. The lowest BCUT2D eigenvalue weighted by molar-refractivity contribution is -0.117. The van der Waals surface area contributed by atoms with Crippen molar-refractivity contribution >= 4 is 22.7 Å². The fraction of sp³-hybridized carbons (Fsp3) is 0.333. The Morgan fingerprint density at radius 3 is 2.81 bits per heavy atom. The lowest BCUT2D eigenvalue weighted by atomic mass is 10.0. The Morgan fingerprint density at radius 1 is 1.23 bits per heavy atom. The summed E-state index contributed by atoms with van der Waals surface area (Å²) in [5.41, 5.74) is 3.00. The highest BCUT2D eigenvalue weighted by atomic mass is 16.5. The third-order valence-electron chi connectivity index (χ3n) is 4.96. The van der Waals surface area contributed by atoms with E-state index >= 15 is 0 Å². The van der Waals surface area contributed by atoms with Crippen LogP contribution < -0.4 is 10.1 Å². The lowest BCUT2D eigenvalue weighted by Crippen LogP contribution is -2.15. The quantitative estimate of drug-likeness (QED) is 0.701. The normalized spacial score (nSPS) is 14.7. The Hall–Kier alpha value is -2.82. The molecule has 1 heterocycles. The Balaban J connectivity index is 1.59. The van der Waals surface area contributed by atoms with Crippen LogP contribution in [0.4, 0.5) is 5.69 Å². The van der Waals surface area contributed by atoms with Crippen molar-refractivity contribution in [3.63, 3.8) is 0 Å². The highest BCUT2D eigenvalue weighted by Crippen LogP contribution is 2.33. The maximum absolute atomic E-state index is 12.4. The number of anilines is 1. The van der Waals surface area contributed by atoms with Crippen molar-refractivity contribution < 1.29 is 13.9 Å². The second-order valence-corrected chi connectivity index (χ2v) is 6.80. The zero-order valence-electron chi connectivity index (χ0n) is 14.8. The molecule has 0 atom stereocenters. The Morgan fingerprint density at radius 2 is 2.04 bits per heavy atom. The van der Waals surface area contributed by atoms with E-state index in [1.165, 1.54) is 12.8 Å². The molecule has 26 heavy (non-hydrogen) atoms.